The number of hydrogen-bond donors (Lipinski definition) is 3. The molecule has 0 fully saturated rings. The standard InChI is InChI=1S/C14H13F3N2O4/c1-23-10-4-2-3-8-11(10)7(6-18-8)5-9(12(20)21)19-13(22)14(15,16)17/h2-4,6,9,18H,5H2,1H3,(H,19,22)(H,20,21). The Kier molecular flexibility index (Phi) is 4.48. The summed E-state index contributed by atoms with van der Waals surface area (Å²) in [5.74, 6) is -3.41. The summed E-state index contributed by atoms with van der Waals surface area (Å²) in [6.45, 7) is 0. The van der Waals surface area contributed by atoms with E-state index in [1.807, 2.05) is 0 Å². The summed E-state index contributed by atoms with van der Waals surface area (Å²) in [7, 11) is 1.42. The van der Waals surface area contributed by atoms with Gasteiger partial charge in [-0.25, -0.2) is 4.79 Å². The molecule has 0 saturated heterocycles. The molecule has 124 valence electrons. The second-order valence-electron chi connectivity index (χ2n) is 4.76. The van der Waals surface area contributed by atoms with E-state index in [1.54, 1.807) is 18.2 Å². The molecule has 1 heterocycles. The van der Waals surface area contributed by atoms with Crippen LogP contribution in [-0.4, -0.2) is 41.3 Å². The molecule has 0 aliphatic heterocycles. The number of H-pyrrole nitrogens is 1. The summed E-state index contributed by atoms with van der Waals surface area (Å²) in [6.07, 6.45) is -3.99. The van der Waals surface area contributed by atoms with Crippen LogP contribution in [0.15, 0.2) is 24.4 Å². The number of methoxy groups -OCH3 is 1. The minimum Gasteiger partial charge on any atom is -0.496 e. The summed E-state index contributed by atoms with van der Waals surface area (Å²) in [4.78, 5) is 25.0. The van der Waals surface area contributed by atoms with Crippen LogP contribution in [0.25, 0.3) is 10.9 Å². The number of halogens is 3. The number of carboxylic acid groups (broad SMARTS) is 1. The number of hydrogen-bond acceptors (Lipinski definition) is 3. The van der Waals surface area contributed by atoms with Gasteiger partial charge in [-0.2, -0.15) is 13.2 Å². The molecule has 2 aromatic rings. The van der Waals surface area contributed by atoms with E-state index < -0.39 is 24.1 Å². The van der Waals surface area contributed by atoms with Crippen molar-refractivity contribution in [3.05, 3.63) is 30.0 Å². The van der Waals surface area contributed by atoms with E-state index >= 15 is 0 Å². The van der Waals surface area contributed by atoms with Crippen molar-refractivity contribution >= 4 is 22.8 Å². The zero-order valence-corrected chi connectivity index (χ0v) is 11.9. The first-order chi connectivity index (χ1) is 10.7. The Morgan fingerprint density at radius 3 is 2.65 bits per heavy atom. The molecule has 0 aliphatic carbocycles. The Morgan fingerprint density at radius 2 is 2.09 bits per heavy atom. The number of carbonyl (C=O) groups is 2. The molecule has 1 atom stereocenters. The molecule has 3 N–H and O–H groups in total. The quantitative estimate of drug-likeness (QED) is 0.780. The highest BCUT2D eigenvalue weighted by Gasteiger charge is 2.41. The Hall–Kier alpha value is -2.71. The zero-order chi connectivity index (χ0) is 17.2. The monoisotopic (exact) mass is 330 g/mol. The molecule has 1 aromatic heterocycles. The number of fused-ring (bicyclic) bond motifs is 1. The van der Waals surface area contributed by atoms with Gasteiger partial charge in [0.05, 0.1) is 7.11 Å². The molecule has 6 nitrogen and oxygen atoms in total. The van der Waals surface area contributed by atoms with E-state index in [9.17, 15) is 22.8 Å². The lowest BCUT2D eigenvalue weighted by Gasteiger charge is -2.15. The molecular formula is C14H13F3N2O4. The third kappa shape index (κ3) is 3.55. The van der Waals surface area contributed by atoms with Crippen LogP contribution in [0, 0.1) is 0 Å². The van der Waals surface area contributed by atoms with Crippen molar-refractivity contribution in [1.29, 1.82) is 0 Å². The summed E-state index contributed by atoms with van der Waals surface area (Å²) < 4.78 is 42.0. The average molecular weight is 330 g/mol. The van der Waals surface area contributed by atoms with E-state index in [1.165, 1.54) is 18.6 Å². The molecule has 0 radical (unpaired) electrons. The first kappa shape index (κ1) is 16.7. The van der Waals surface area contributed by atoms with Gasteiger partial charge in [0.15, 0.2) is 0 Å². The Morgan fingerprint density at radius 1 is 1.39 bits per heavy atom. The number of aromatic amines is 1. The highest BCUT2D eigenvalue weighted by Crippen LogP contribution is 2.29. The number of nitrogens with one attached hydrogen (secondary N) is 2. The van der Waals surface area contributed by atoms with Crippen LogP contribution in [0.2, 0.25) is 0 Å². The van der Waals surface area contributed by atoms with E-state index in [4.69, 9.17) is 9.84 Å². The third-order valence-corrected chi connectivity index (χ3v) is 3.25. The summed E-state index contributed by atoms with van der Waals surface area (Å²) in [5, 5.41) is 11.1. The van der Waals surface area contributed by atoms with Gasteiger partial charge in [-0.1, -0.05) is 6.07 Å². The highest BCUT2D eigenvalue weighted by atomic mass is 19.4. The van der Waals surface area contributed by atoms with E-state index in [0.717, 1.165) is 0 Å². The molecule has 9 heteroatoms. The summed E-state index contributed by atoms with van der Waals surface area (Å²) >= 11 is 0. The van der Waals surface area contributed by atoms with Gasteiger partial charge in [-0.3, -0.25) is 4.79 Å². The second kappa shape index (κ2) is 6.19. The fourth-order valence-corrected chi connectivity index (χ4v) is 2.21. The van der Waals surface area contributed by atoms with Gasteiger partial charge in [0.1, 0.15) is 11.8 Å². The fraction of sp³-hybridized carbons (Fsp3) is 0.286. The van der Waals surface area contributed by atoms with E-state index in [-0.39, 0.29) is 6.42 Å². The van der Waals surface area contributed by atoms with Gasteiger partial charge in [-0.05, 0) is 17.7 Å². The van der Waals surface area contributed by atoms with E-state index in [0.29, 0.717) is 22.2 Å². The minimum atomic E-state index is -5.15. The SMILES string of the molecule is COc1cccc2[nH]cc(CC(NC(=O)C(F)(F)F)C(=O)O)c12. The van der Waals surface area contributed by atoms with Gasteiger partial charge < -0.3 is 20.1 Å². The molecule has 1 unspecified atom stereocenters. The zero-order valence-electron chi connectivity index (χ0n) is 11.9. The van der Waals surface area contributed by atoms with Crippen molar-refractivity contribution < 1.29 is 32.6 Å². The van der Waals surface area contributed by atoms with Gasteiger partial charge in [0.2, 0.25) is 0 Å². The Bertz CT molecular complexity index is 739. The number of benzene rings is 1. The number of aromatic nitrogens is 1. The predicted molar refractivity (Wildman–Crippen MR) is 74.2 cm³/mol. The topological polar surface area (TPSA) is 91.4 Å². The van der Waals surface area contributed by atoms with Gasteiger partial charge in [0.25, 0.3) is 0 Å². The number of aliphatic carboxylic acids is 1. The van der Waals surface area contributed by atoms with Crippen LogP contribution in [0.1, 0.15) is 5.56 Å². The maximum atomic E-state index is 12.3. The van der Waals surface area contributed by atoms with Crippen molar-refractivity contribution in [1.82, 2.24) is 10.3 Å². The summed E-state index contributed by atoms with van der Waals surface area (Å²) in [6, 6.07) is 3.35. The molecular weight excluding hydrogens is 317 g/mol. The van der Waals surface area contributed by atoms with Crippen LogP contribution in [0.4, 0.5) is 13.2 Å². The normalized spacial score (nSPS) is 12.9. The van der Waals surface area contributed by atoms with Gasteiger partial charge in [-0.15, -0.1) is 0 Å². The van der Waals surface area contributed by atoms with Crippen LogP contribution < -0.4 is 10.1 Å². The number of ether oxygens (including phenoxy) is 1. The van der Waals surface area contributed by atoms with Gasteiger partial charge >= 0.3 is 18.1 Å². The third-order valence-electron chi connectivity index (χ3n) is 3.25. The Balaban J connectivity index is 2.31. The smallest absolute Gasteiger partial charge is 0.471 e. The molecule has 0 aliphatic rings. The second-order valence-corrected chi connectivity index (χ2v) is 4.76. The van der Waals surface area contributed by atoms with Crippen molar-refractivity contribution in [3.63, 3.8) is 0 Å². The first-order valence-corrected chi connectivity index (χ1v) is 6.47. The highest BCUT2D eigenvalue weighted by molar-refractivity contribution is 5.91. The van der Waals surface area contributed by atoms with Gasteiger partial charge in [0, 0.05) is 23.5 Å². The van der Waals surface area contributed by atoms with Crippen LogP contribution in [0.5, 0.6) is 5.75 Å². The van der Waals surface area contributed by atoms with Crippen molar-refractivity contribution in [2.45, 2.75) is 18.6 Å². The van der Waals surface area contributed by atoms with Crippen molar-refractivity contribution in [3.8, 4) is 5.75 Å². The average Bonchev–Trinajstić information content (AvgIpc) is 2.88. The molecule has 0 bridgehead atoms. The molecule has 23 heavy (non-hydrogen) atoms. The van der Waals surface area contributed by atoms with Crippen molar-refractivity contribution in [2.24, 2.45) is 0 Å². The lowest BCUT2D eigenvalue weighted by Crippen LogP contribution is -2.47. The number of carboxylic acids is 1. The number of alkyl halides is 3. The van der Waals surface area contributed by atoms with Crippen molar-refractivity contribution in [2.75, 3.05) is 7.11 Å². The molecule has 1 aromatic carbocycles. The van der Waals surface area contributed by atoms with Crippen LogP contribution >= 0.6 is 0 Å². The predicted octanol–water partition coefficient (Wildman–Crippen LogP) is 1.85. The number of carbonyl (C=O) groups excluding carboxylic acids is 1. The van der Waals surface area contributed by atoms with E-state index in [2.05, 4.69) is 4.98 Å². The fourth-order valence-electron chi connectivity index (χ4n) is 2.21. The Labute approximate surface area is 128 Å². The number of amides is 1. The lowest BCUT2D eigenvalue weighted by atomic mass is 10.0. The largest absolute Gasteiger partial charge is 0.496 e. The minimum absolute atomic E-state index is 0.322. The molecule has 1 amide bonds. The molecule has 2 rings (SSSR count). The first-order valence-electron chi connectivity index (χ1n) is 6.47. The summed E-state index contributed by atoms with van der Waals surface area (Å²) in [5.41, 5.74) is 1.07. The lowest BCUT2D eigenvalue weighted by molar-refractivity contribution is -0.175. The maximum absolute atomic E-state index is 12.3. The number of rotatable bonds is 5. The maximum Gasteiger partial charge on any atom is 0.471 e. The van der Waals surface area contributed by atoms with Crippen LogP contribution in [0.3, 0.4) is 0 Å². The molecule has 0 saturated carbocycles. The molecule has 0 spiro atoms. The van der Waals surface area contributed by atoms with Crippen LogP contribution in [-0.2, 0) is 16.0 Å².